The Balaban J connectivity index is 1.53. The summed E-state index contributed by atoms with van der Waals surface area (Å²) < 4.78 is 2.20. The van der Waals surface area contributed by atoms with Gasteiger partial charge in [-0.05, 0) is 31.4 Å². The van der Waals surface area contributed by atoms with Crippen molar-refractivity contribution in [2.24, 2.45) is 11.7 Å². The zero-order chi connectivity index (χ0) is 12.4. The summed E-state index contributed by atoms with van der Waals surface area (Å²) in [6, 6.07) is 2.84. The van der Waals surface area contributed by atoms with Crippen LogP contribution in [0.15, 0.2) is 12.3 Å². The third-order valence-electron chi connectivity index (χ3n) is 4.36. The number of nitrogens with zero attached hydrogens (tertiary/aromatic N) is 3. The molecule has 1 aromatic rings. The molecular weight excluding hydrogens is 224 g/mol. The van der Waals surface area contributed by atoms with Gasteiger partial charge in [-0.25, -0.2) is 0 Å². The average molecular weight is 248 g/mol. The normalized spacial score (nSPS) is 23.2. The number of hydrogen-bond donors (Lipinski definition) is 1. The molecule has 0 radical (unpaired) electrons. The molecule has 2 heterocycles. The first kappa shape index (κ1) is 12.2. The molecule has 0 atom stereocenters. The fraction of sp³-hybridized carbons (Fsp3) is 0.786. The summed E-state index contributed by atoms with van der Waals surface area (Å²) in [5.74, 6) is 0.713. The third kappa shape index (κ3) is 2.59. The predicted molar refractivity (Wildman–Crippen MR) is 72.2 cm³/mol. The van der Waals surface area contributed by atoms with Crippen molar-refractivity contribution in [3.63, 3.8) is 0 Å². The monoisotopic (exact) mass is 248 g/mol. The van der Waals surface area contributed by atoms with Crippen molar-refractivity contribution in [3.8, 4) is 0 Å². The molecule has 2 aliphatic rings. The summed E-state index contributed by atoms with van der Waals surface area (Å²) in [6.07, 6.45) is 8.92. The second-order valence-corrected chi connectivity index (χ2v) is 5.87. The lowest BCUT2D eigenvalue weighted by molar-refractivity contribution is 0.0960. The van der Waals surface area contributed by atoms with Gasteiger partial charge in [-0.15, -0.1) is 0 Å². The lowest BCUT2D eigenvalue weighted by Gasteiger charge is -2.38. The van der Waals surface area contributed by atoms with Gasteiger partial charge in [-0.1, -0.05) is 19.3 Å². The minimum Gasteiger partial charge on any atom is -0.330 e. The van der Waals surface area contributed by atoms with E-state index in [1.54, 1.807) is 0 Å². The molecule has 1 aliphatic carbocycles. The first-order valence-corrected chi connectivity index (χ1v) is 7.31. The highest BCUT2D eigenvalue weighted by atomic mass is 15.3. The van der Waals surface area contributed by atoms with Crippen molar-refractivity contribution in [3.05, 3.63) is 18.0 Å². The molecule has 0 bridgehead atoms. The molecule has 0 unspecified atom stereocenters. The molecule has 1 aliphatic heterocycles. The van der Waals surface area contributed by atoms with E-state index in [0.717, 1.165) is 26.2 Å². The summed E-state index contributed by atoms with van der Waals surface area (Å²) in [6.45, 7) is 4.11. The van der Waals surface area contributed by atoms with Crippen LogP contribution >= 0.6 is 0 Å². The number of nitrogens with two attached hydrogens (primary N) is 1. The second-order valence-electron chi connectivity index (χ2n) is 5.87. The summed E-state index contributed by atoms with van der Waals surface area (Å²) in [7, 11) is 0. The number of likely N-dealkylation sites (tertiary alicyclic amines) is 1. The number of hydrogen-bond acceptors (Lipinski definition) is 3. The van der Waals surface area contributed by atoms with E-state index < -0.39 is 0 Å². The van der Waals surface area contributed by atoms with Crippen LogP contribution in [0.25, 0.3) is 0 Å². The SMILES string of the molecule is NCC1CN(Cc2ccn(C3CCCCC3)n2)C1. The highest BCUT2D eigenvalue weighted by Crippen LogP contribution is 2.27. The van der Waals surface area contributed by atoms with Crippen molar-refractivity contribution in [2.75, 3.05) is 19.6 Å². The summed E-state index contributed by atoms with van der Waals surface area (Å²) in [4.78, 5) is 2.44. The largest absolute Gasteiger partial charge is 0.330 e. The Labute approximate surface area is 109 Å². The van der Waals surface area contributed by atoms with E-state index in [4.69, 9.17) is 10.8 Å². The number of rotatable bonds is 4. The van der Waals surface area contributed by atoms with Gasteiger partial charge in [0.25, 0.3) is 0 Å². The summed E-state index contributed by atoms with van der Waals surface area (Å²) in [5, 5.41) is 4.75. The van der Waals surface area contributed by atoms with Crippen LogP contribution in [-0.2, 0) is 6.54 Å². The smallest absolute Gasteiger partial charge is 0.0764 e. The van der Waals surface area contributed by atoms with Crippen LogP contribution in [0.4, 0.5) is 0 Å². The highest BCUT2D eigenvalue weighted by Gasteiger charge is 2.25. The number of aromatic nitrogens is 2. The summed E-state index contributed by atoms with van der Waals surface area (Å²) in [5.41, 5.74) is 6.86. The van der Waals surface area contributed by atoms with Crippen LogP contribution in [0.2, 0.25) is 0 Å². The molecule has 4 nitrogen and oxygen atoms in total. The summed E-state index contributed by atoms with van der Waals surface area (Å²) >= 11 is 0. The molecule has 0 spiro atoms. The molecule has 2 N–H and O–H groups in total. The van der Waals surface area contributed by atoms with Crippen LogP contribution in [0.1, 0.15) is 43.8 Å². The van der Waals surface area contributed by atoms with Gasteiger partial charge in [0.05, 0.1) is 11.7 Å². The minimum absolute atomic E-state index is 0.653. The Morgan fingerprint density at radius 3 is 2.72 bits per heavy atom. The van der Waals surface area contributed by atoms with Crippen LogP contribution < -0.4 is 5.73 Å². The Kier molecular flexibility index (Phi) is 3.66. The second kappa shape index (κ2) is 5.41. The Morgan fingerprint density at radius 1 is 1.22 bits per heavy atom. The van der Waals surface area contributed by atoms with Crippen molar-refractivity contribution in [1.82, 2.24) is 14.7 Å². The fourth-order valence-electron chi connectivity index (χ4n) is 3.19. The molecule has 100 valence electrons. The average Bonchev–Trinajstić information content (AvgIpc) is 2.83. The first-order valence-electron chi connectivity index (χ1n) is 7.31. The maximum absolute atomic E-state index is 5.64. The molecule has 0 amide bonds. The van der Waals surface area contributed by atoms with E-state index >= 15 is 0 Å². The van der Waals surface area contributed by atoms with Crippen molar-refractivity contribution in [1.29, 1.82) is 0 Å². The van der Waals surface area contributed by atoms with E-state index in [1.165, 1.54) is 37.8 Å². The fourth-order valence-corrected chi connectivity index (χ4v) is 3.19. The van der Waals surface area contributed by atoms with Gasteiger partial charge in [0.1, 0.15) is 0 Å². The Bertz CT molecular complexity index is 375. The maximum Gasteiger partial charge on any atom is 0.0764 e. The molecule has 3 rings (SSSR count). The van der Waals surface area contributed by atoms with E-state index in [2.05, 4.69) is 21.8 Å². The van der Waals surface area contributed by atoms with E-state index in [-0.39, 0.29) is 0 Å². The Hall–Kier alpha value is -0.870. The molecular formula is C14H24N4. The van der Waals surface area contributed by atoms with Gasteiger partial charge in [0, 0.05) is 25.8 Å². The topological polar surface area (TPSA) is 47.1 Å². The van der Waals surface area contributed by atoms with Gasteiger partial charge in [0.15, 0.2) is 0 Å². The van der Waals surface area contributed by atoms with E-state index in [1.807, 2.05) is 0 Å². The van der Waals surface area contributed by atoms with E-state index in [0.29, 0.717) is 12.0 Å². The quantitative estimate of drug-likeness (QED) is 0.883. The lowest BCUT2D eigenvalue weighted by Crippen LogP contribution is -2.49. The van der Waals surface area contributed by atoms with Gasteiger partial charge < -0.3 is 5.73 Å². The maximum atomic E-state index is 5.64. The standard InChI is InChI=1S/C14H24N4/c15-8-12-9-17(10-12)11-13-6-7-18(16-13)14-4-2-1-3-5-14/h6-7,12,14H,1-5,8-11,15H2. The van der Waals surface area contributed by atoms with Crippen molar-refractivity contribution < 1.29 is 0 Å². The van der Waals surface area contributed by atoms with Gasteiger partial charge in [-0.3, -0.25) is 9.58 Å². The van der Waals surface area contributed by atoms with Crippen LogP contribution in [0.5, 0.6) is 0 Å². The molecule has 4 heteroatoms. The Morgan fingerprint density at radius 2 is 2.00 bits per heavy atom. The first-order chi connectivity index (χ1) is 8.85. The molecule has 2 fully saturated rings. The van der Waals surface area contributed by atoms with Crippen molar-refractivity contribution >= 4 is 0 Å². The third-order valence-corrected chi connectivity index (χ3v) is 4.36. The van der Waals surface area contributed by atoms with Crippen LogP contribution in [-0.4, -0.2) is 34.3 Å². The molecule has 0 aromatic carbocycles. The van der Waals surface area contributed by atoms with Crippen molar-refractivity contribution in [2.45, 2.75) is 44.7 Å². The zero-order valence-corrected chi connectivity index (χ0v) is 11.1. The molecule has 1 aromatic heterocycles. The molecule has 1 saturated heterocycles. The zero-order valence-electron chi connectivity index (χ0n) is 11.1. The molecule has 1 saturated carbocycles. The van der Waals surface area contributed by atoms with Crippen LogP contribution in [0.3, 0.4) is 0 Å². The lowest BCUT2D eigenvalue weighted by atomic mass is 9.96. The van der Waals surface area contributed by atoms with E-state index in [9.17, 15) is 0 Å². The predicted octanol–water partition coefficient (Wildman–Crippen LogP) is 1.78. The van der Waals surface area contributed by atoms with Gasteiger partial charge in [-0.2, -0.15) is 5.10 Å². The van der Waals surface area contributed by atoms with Gasteiger partial charge >= 0.3 is 0 Å². The highest BCUT2D eigenvalue weighted by molar-refractivity contribution is 5.01. The molecule has 18 heavy (non-hydrogen) atoms. The van der Waals surface area contributed by atoms with Gasteiger partial charge in [0.2, 0.25) is 0 Å². The van der Waals surface area contributed by atoms with Crippen LogP contribution in [0, 0.1) is 5.92 Å². The minimum atomic E-state index is 0.653.